The largest absolute Gasteiger partial charge is 0.416 e. The highest BCUT2D eigenvalue weighted by Gasteiger charge is 2.44. The maximum atomic E-state index is 12.8. The molecule has 170 valence electrons. The summed E-state index contributed by atoms with van der Waals surface area (Å²) in [6.45, 7) is 1.35. The molecule has 2 saturated carbocycles. The van der Waals surface area contributed by atoms with Crippen molar-refractivity contribution >= 4 is 11.8 Å². The number of fused-ring (bicyclic) bond motifs is 2. The highest BCUT2D eigenvalue weighted by Crippen LogP contribution is 2.44. The number of rotatable bonds is 5. The lowest BCUT2D eigenvalue weighted by Crippen LogP contribution is -2.46. The molecule has 31 heavy (non-hydrogen) atoms. The number of alkyl halides is 3. The number of amides is 2. The number of likely N-dealkylation sites (tertiary alicyclic amines) is 1. The lowest BCUT2D eigenvalue weighted by molar-refractivity contribution is -0.137. The van der Waals surface area contributed by atoms with E-state index in [1.807, 2.05) is 0 Å². The summed E-state index contributed by atoms with van der Waals surface area (Å²) in [5, 5.41) is 15.5. The molecule has 6 nitrogen and oxygen atoms in total. The van der Waals surface area contributed by atoms with Crippen LogP contribution in [0.4, 0.5) is 13.2 Å². The lowest BCUT2D eigenvalue weighted by Gasteiger charge is -2.37. The molecule has 2 aliphatic carbocycles. The first-order valence-electron chi connectivity index (χ1n) is 10.9. The van der Waals surface area contributed by atoms with E-state index in [2.05, 4.69) is 15.5 Å². The number of nitrogens with one attached hydrogen (secondary N) is 2. The molecule has 3 aliphatic rings. The Morgan fingerprint density at radius 2 is 1.84 bits per heavy atom. The first kappa shape index (κ1) is 22.1. The van der Waals surface area contributed by atoms with E-state index in [9.17, 15) is 27.9 Å². The lowest BCUT2D eigenvalue weighted by atomic mass is 9.82. The molecule has 1 aromatic carbocycles. The maximum absolute atomic E-state index is 12.8. The van der Waals surface area contributed by atoms with Crippen LogP contribution < -0.4 is 10.6 Å². The van der Waals surface area contributed by atoms with Gasteiger partial charge in [0.25, 0.3) is 5.91 Å². The van der Waals surface area contributed by atoms with Gasteiger partial charge in [0.1, 0.15) is 0 Å². The van der Waals surface area contributed by atoms with E-state index in [1.165, 1.54) is 12.1 Å². The standard InChI is InChI=1S/C22H28F3N3O3/c23-22(24,25)16-3-1-2-15(8-16)21(31)26-11-19(29)27-17-6-7-28(12-17)18-9-13-4-5-14(10-18)20(13)30/h1-3,8,13-14,17-18,20,30H,4-7,9-12H2,(H,26,31)(H,27,29)/t13?,14?,17-,18?,20?/m1/s1. The minimum Gasteiger partial charge on any atom is -0.393 e. The topological polar surface area (TPSA) is 81.7 Å². The molecule has 3 N–H and O–H groups in total. The summed E-state index contributed by atoms with van der Waals surface area (Å²) in [4.78, 5) is 26.8. The average Bonchev–Trinajstić information content (AvgIpc) is 3.25. The van der Waals surface area contributed by atoms with Gasteiger partial charge in [0.15, 0.2) is 0 Å². The third kappa shape index (κ3) is 5.03. The van der Waals surface area contributed by atoms with Crippen molar-refractivity contribution < 1.29 is 27.9 Å². The second-order valence-corrected chi connectivity index (χ2v) is 9.02. The number of benzene rings is 1. The van der Waals surface area contributed by atoms with Crippen LogP contribution in [0.25, 0.3) is 0 Å². The van der Waals surface area contributed by atoms with Crippen LogP contribution in [0.1, 0.15) is 48.0 Å². The fourth-order valence-electron chi connectivity index (χ4n) is 5.38. The summed E-state index contributed by atoms with van der Waals surface area (Å²) in [5.74, 6) is -0.288. The monoisotopic (exact) mass is 439 g/mol. The van der Waals surface area contributed by atoms with Gasteiger partial charge >= 0.3 is 6.18 Å². The van der Waals surface area contributed by atoms with E-state index in [0.717, 1.165) is 57.3 Å². The van der Waals surface area contributed by atoms with Crippen molar-refractivity contribution in [3.05, 3.63) is 35.4 Å². The third-order valence-corrected chi connectivity index (χ3v) is 6.99. The van der Waals surface area contributed by atoms with Crippen molar-refractivity contribution in [2.75, 3.05) is 19.6 Å². The Morgan fingerprint density at radius 1 is 1.13 bits per heavy atom. The fraction of sp³-hybridized carbons (Fsp3) is 0.636. The van der Waals surface area contributed by atoms with E-state index in [-0.39, 0.29) is 30.2 Å². The maximum Gasteiger partial charge on any atom is 0.416 e. The molecule has 3 fully saturated rings. The zero-order valence-corrected chi connectivity index (χ0v) is 17.2. The number of hydrogen-bond acceptors (Lipinski definition) is 4. The van der Waals surface area contributed by atoms with E-state index in [4.69, 9.17) is 0 Å². The second kappa shape index (κ2) is 8.78. The van der Waals surface area contributed by atoms with Crippen LogP contribution in [0.5, 0.6) is 0 Å². The zero-order chi connectivity index (χ0) is 22.2. The van der Waals surface area contributed by atoms with Crippen LogP contribution in [-0.4, -0.2) is 59.6 Å². The molecule has 9 heteroatoms. The van der Waals surface area contributed by atoms with Crippen LogP contribution in [0.15, 0.2) is 24.3 Å². The molecule has 1 heterocycles. The molecular formula is C22H28F3N3O3. The molecule has 2 unspecified atom stereocenters. The predicted molar refractivity (Wildman–Crippen MR) is 107 cm³/mol. The van der Waals surface area contributed by atoms with Crippen molar-refractivity contribution in [3.8, 4) is 0 Å². The second-order valence-electron chi connectivity index (χ2n) is 9.02. The Balaban J connectivity index is 1.22. The van der Waals surface area contributed by atoms with E-state index < -0.39 is 17.6 Å². The van der Waals surface area contributed by atoms with Gasteiger partial charge in [0, 0.05) is 30.7 Å². The van der Waals surface area contributed by atoms with Gasteiger partial charge in [-0.15, -0.1) is 0 Å². The number of aliphatic hydroxyl groups is 1. The first-order valence-corrected chi connectivity index (χ1v) is 10.9. The minimum atomic E-state index is -4.53. The van der Waals surface area contributed by atoms with Crippen molar-refractivity contribution in [2.24, 2.45) is 11.8 Å². The van der Waals surface area contributed by atoms with Gasteiger partial charge < -0.3 is 15.7 Å². The van der Waals surface area contributed by atoms with Crippen LogP contribution in [0, 0.1) is 11.8 Å². The van der Waals surface area contributed by atoms with Gasteiger partial charge in [-0.3, -0.25) is 14.5 Å². The van der Waals surface area contributed by atoms with Crippen molar-refractivity contribution in [1.29, 1.82) is 0 Å². The summed E-state index contributed by atoms with van der Waals surface area (Å²) in [5.41, 5.74) is -1.04. The van der Waals surface area contributed by atoms with Gasteiger partial charge in [0.2, 0.25) is 5.91 Å². The van der Waals surface area contributed by atoms with Gasteiger partial charge in [-0.05, 0) is 62.1 Å². The highest BCUT2D eigenvalue weighted by atomic mass is 19.4. The summed E-state index contributed by atoms with van der Waals surface area (Å²) >= 11 is 0. The summed E-state index contributed by atoms with van der Waals surface area (Å²) in [6, 6.07) is 4.56. The molecule has 4 rings (SSSR count). The molecule has 3 atom stereocenters. The molecule has 1 aliphatic heterocycles. The van der Waals surface area contributed by atoms with Gasteiger partial charge in [-0.1, -0.05) is 6.07 Å². The summed E-state index contributed by atoms with van der Waals surface area (Å²) < 4.78 is 38.4. The summed E-state index contributed by atoms with van der Waals surface area (Å²) in [7, 11) is 0. The van der Waals surface area contributed by atoms with Gasteiger partial charge in [-0.2, -0.15) is 13.2 Å². The molecule has 0 spiro atoms. The molecule has 1 aromatic rings. The fourth-order valence-corrected chi connectivity index (χ4v) is 5.38. The van der Waals surface area contributed by atoms with Crippen LogP contribution in [-0.2, 0) is 11.0 Å². The number of halogens is 3. The van der Waals surface area contributed by atoms with E-state index in [0.29, 0.717) is 17.9 Å². The van der Waals surface area contributed by atoms with Gasteiger partial charge in [-0.25, -0.2) is 0 Å². The Kier molecular flexibility index (Phi) is 6.25. The number of hydrogen-bond donors (Lipinski definition) is 3. The quantitative estimate of drug-likeness (QED) is 0.657. The van der Waals surface area contributed by atoms with Gasteiger partial charge in [0.05, 0.1) is 18.2 Å². The van der Waals surface area contributed by atoms with Crippen molar-refractivity contribution in [3.63, 3.8) is 0 Å². The van der Waals surface area contributed by atoms with Crippen LogP contribution in [0.3, 0.4) is 0 Å². The Hall–Kier alpha value is -2.13. The zero-order valence-electron chi connectivity index (χ0n) is 17.2. The first-order chi connectivity index (χ1) is 14.7. The Labute approximate surface area is 179 Å². The number of aliphatic hydroxyl groups excluding tert-OH is 1. The van der Waals surface area contributed by atoms with E-state index in [1.54, 1.807) is 0 Å². The van der Waals surface area contributed by atoms with Crippen molar-refractivity contribution in [2.45, 2.75) is 56.5 Å². The molecule has 0 aromatic heterocycles. The molecular weight excluding hydrogens is 411 g/mol. The SMILES string of the molecule is O=C(CNC(=O)c1cccc(C(F)(F)F)c1)N[C@@H]1CCN(C2CC3CCC(C2)C3O)C1. The number of nitrogens with zero attached hydrogens (tertiary/aromatic N) is 1. The van der Waals surface area contributed by atoms with Crippen LogP contribution >= 0.6 is 0 Å². The Bertz CT molecular complexity index is 818. The third-order valence-electron chi connectivity index (χ3n) is 6.99. The normalized spacial score (nSPS) is 30.9. The predicted octanol–water partition coefficient (Wildman–Crippen LogP) is 2.18. The molecule has 0 radical (unpaired) electrons. The molecule has 1 saturated heterocycles. The minimum absolute atomic E-state index is 0.0116. The molecule has 2 amide bonds. The van der Waals surface area contributed by atoms with Crippen molar-refractivity contribution in [1.82, 2.24) is 15.5 Å². The molecule has 2 bridgehead atoms. The highest BCUT2D eigenvalue weighted by molar-refractivity contribution is 5.96. The Morgan fingerprint density at radius 3 is 2.52 bits per heavy atom. The van der Waals surface area contributed by atoms with Crippen LogP contribution in [0.2, 0.25) is 0 Å². The van der Waals surface area contributed by atoms with E-state index >= 15 is 0 Å². The average molecular weight is 439 g/mol. The smallest absolute Gasteiger partial charge is 0.393 e. The number of carbonyl (C=O) groups is 2. The number of carbonyl (C=O) groups excluding carboxylic acids is 2. The summed E-state index contributed by atoms with van der Waals surface area (Å²) in [6.07, 6.45) is 0.343.